The number of hydrogen-bond acceptors (Lipinski definition) is 6. The number of anilines is 1. The van der Waals surface area contributed by atoms with Crippen molar-refractivity contribution in [2.45, 2.75) is 6.61 Å². The van der Waals surface area contributed by atoms with Crippen LogP contribution in [0.5, 0.6) is 5.75 Å². The van der Waals surface area contributed by atoms with Crippen LogP contribution in [0.1, 0.15) is 11.1 Å². The average Bonchev–Trinajstić information content (AvgIpc) is 2.69. The molecule has 0 spiro atoms. The van der Waals surface area contributed by atoms with Gasteiger partial charge in [0.25, 0.3) is 5.69 Å². The molecule has 0 saturated carbocycles. The Morgan fingerprint density at radius 2 is 1.85 bits per heavy atom. The SMILES string of the molecule is O=[N+]([O-])c1ccc(NN=Cc2ccc(OCc3ccc(Cl)cc3)cc2)nc1. The van der Waals surface area contributed by atoms with Gasteiger partial charge in [-0.25, -0.2) is 4.98 Å². The molecule has 1 N–H and O–H groups in total. The van der Waals surface area contributed by atoms with Gasteiger partial charge in [-0.1, -0.05) is 23.7 Å². The monoisotopic (exact) mass is 382 g/mol. The minimum absolute atomic E-state index is 0.0706. The van der Waals surface area contributed by atoms with Gasteiger partial charge in [0.05, 0.1) is 11.1 Å². The van der Waals surface area contributed by atoms with Crippen molar-refractivity contribution < 1.29 is 9.66 Å². The second kappa shape index (κ2) is 8.77. The van der Waals surface area contributed by atoms with Gasteiger partial charge in [0, 0.05) is 11.1 Å². The van der Waals surface area contributed by atoms with E-state index in [0.717, 1.165) is 16.9 Å². The second-order valence-corrected chi connectivity index (χ2v) is 5.95. The summed E-state index contributed by atoms with van der Waals surface area (Å²) in [6.45, 7) is 0.456. The van der Waals surface area contributed by atoms with Crippen LogP contribution in [0.25, 0.3) is 0 Å². The van der Waals surface area contributed by atoms with Gasteiger partial charge in [0.1, 0.15) is 24.4 Å². The number of benzene rings is 2. The fraction of sp³-hybridized carbons (Fsp3) is 0.0526. The Labute approximate surface area is 160 Å². The molecule has 0 fully saturated rings. The van der Waals surface area contributed by atoms with Crippen LogP contribution in [0, 0.1) is 10.1 Å². The molecule has 8 heteroatoms. The van der Waals surface area contributed by atoms with Gasteiger partial charge in [-0.05, 0) is 53.6 Å². The molecule has 0 aliphatic rings. The first kappa shape index (κ1) is 18.3. The molecule has 0 aliphatic carbocycles. The molecule has 0 aliphatic heterocycles. The first-order chi connectivity index (χ1) is 13.1. The molecule has 0 bridgehead atoms. The van der Waals surface area contributed by atoms with E-state index in [-0.39, 0.29) is 5.69 Å². The lowest BCUT2D eigenvalue weighted by Crippen LogP contribution is -1.96. The van der Waals surface area contributed by atoms with E-state index in [0.29, 0.717) is 17.4 Å². The normalized spacial score (nSPS) is 10.7. The lowest BCUT2D eigenvalue weighted by Gasteiger charge is -2.06. The predicted molar refractivity (Wildman–Crippen MR) is 104 cm³/mol. The van der Waals surface area contributed by atoms with Gasteiger partial charge in [-0.2, -0.15) is 5.10 Å². The van der Waals surface area contributed by atoms with E-state index in [1.54, 1.807) is 6.21 Å². The Kier molecular flexibility index (Phi) is 5.96. The van der Waals surface area contributed by atoms with Crippen LogP contribution >= 0.6 is 11.6 Å². The van der Waals surface area contributed by atoms with Gasteiger partial charge < -0.3 is 4.74 Å². The smallest absolute Gasteiger partial charge is 0.287 e. The zero-order chi connectivity index (χ0) is 19.1. The van der Waals surface area contributed by atoms with Gasteiger partial charge >= 0.3 is 0 Å². The van der Waals surface area contributed by atoms with E-state index in [4.69, 9.17) is 16.3 Å². The molecule has 0 saturated heterocycles. The summed E-state index contributed by atoms with van der Waals surface area (Å²) in [7, 11) is 0. The lowest BCUT2D eigenvalue weighted by molar-refractivity contribution is -0.385. The number of ether oxygens (including phenoxy) is 1. The predicted octanol–water partition coefficient (Wildman–Crippen LogP) is 4.67. The maximum absolute atomic E-state index is 10.6. The van der Waals surface area contributed by atoms with E-state index in [1.807, 2.05) is 48.5 Å². The summed E-state index contributed by atoms with van der Waals surface area (Å²) in [6, 6.07) is 17.8. The largest absolute Gasteiger partial charge is 0.489 e. The molecule has 1 heterocycles. The molecule has 2 aromatic carbocycles. The number of rotatable bonds is 7. The lowest BCUT2D eigenvalue weighted by atomic mass is 10.2. The summed E-state index contributed by atoms with van der Waals surface area (Å²) in [5, 5.41) is 15.3. The summed E-state index contributed by atoms with van der Waals surface area (Å²) < 4.78 is 5.72. The minimum Gasteiger partial charge on any atom is -0.489 e. The van der Waals surface area contributed by atoms with Crippen molar-refractivity contribution in [1.29, 1.82) is 0 Å². The molecule has 3 aromatic rings. The van der Waals surface area contributed by atoms with E-state index >= 15 is 0 Å². The van der Waals surface area contributed by atoms with E-state index < -0.39 is 4.92 Å². The third-order valence-corrected chi connectivity index (χ3v) is 3.80. The van der Waals surface area contributed by atoms with E-state index in [9.17, 15) is 10.1 Å². The van der Waals surface area contributed by atoms with Gasteiger partial charge in [0.15, 0.2) is 0 Å². The Hall–Kier alpha value is -3.45. The maximum atomic E-state index is 10.6. The average molecular weight is 383 g/mol. The number of hydrazone groups is 1. The van der Waals surface area contributed by atoms with Crippen molar-refractivity contribution in [1.82, 2.24) is 4.98 Å². The molecule has 1 aromatic heterocycles. The van der Waals surface area contributed by atoms with Crippen LogP contribution in [0.2, 0.25) is 5.02 Å². The Morgan fingerprint density at radius 1 is 1.11 bits per heavy atom. The highest BCUT2D eigenvalue weighted by molar-refractivity contribution is 6.30. The summed E-state index contributed by atoms with van der Waals surface area (Å²) in [5.74, 6) is 1.16. The number of halogens is 1. The Morgan fingerprint density at radius 3 is 2.48 bits per heavy atom. The van der Waals surface area contributed by atoms with Crippen molar-refractivity contribution >= 4 is 29.3 Å². The molecule has 7 nitrogen and oxygen atoms in total. The molecular weight excluding hydrogens is 368 g/mol. The molecule has 0 amide bonds. The van der Waals surface area contributed by atoms with Crippen molar-refractivity contribution in [2.24, 2.45) is 5.10 Å². The fourth-order valence-corrected chi connectivity index (χ4v) is 2.26. The van der Waals surface area contributed by atoms with E-state index in [2.05, 4.69) is 15.5 Å². The summed E-state index contributed by atoms with van der Waals surface area (Å²) >= 11 is 5.86. The Bertz CT molecular complexity index is 927. The van der Waals surface area contributed by atoms with Gasteiger partial charge in [0.2, 0.25) is 0 Å². The third-order valence-electron chi connectivity index (χ3n) is 3.55. The highest BCUT2D eigenvalue weighted by atomic mass is 35.5. The van der Waals surface area contributed by atoms with Gasteiger partial charge in [-0.15, -0.1) is 0 Å². The third kappa shape index (κ3) is 5.52. The van der Waals surface area contributed by atoms with Crippen LogP contribution in [-0.4, -0.2) is 16.1 Å². The van der Waals surface area contributed by atoms with Crippen molar-refractivity contribution in [3.63, 3.8) is 0 Å². The minimum atomic E-state index is -0.503. The summed E-state index contributed by atoms with van der Waals surface area (Å²) in [4.78, 5) is 14.0. The molecule has 3 rings (SSSR count). The maximum Gasteiger partial charge on any atom is 0.287 e. The molecular formula is C19H15ClN4O3. The van der Waals surface area contributed by atoms with Crippen LogP contribution in [-0.2, 0) is 6.61 Å². The summed E-state index contributed by atoms with van der Waals surface area (Å²) in [6.07, 6.45) is 2.79. The highest BCUT2D eigenvalue weighted by Crippen LogP contribution is 2.15. The van der Waals surface area contributed by atoms with Gasteiger partial charge in [-0.3, -0.25) is 15.5 Å². The second-order valence-electron chi connectivity index (χ2n) is 5.51. The molecule has 136 valence electrons. The number of hydrogen-bond donors (Lipinski definition) is 1. The number of nitrogens with zero attached hydrogens (tertiary/aromatic N) is 3. The van der Waals surface area contributed by atoms with Crippen LogP contribution in [0.3, 0.4) is 0 Å². The summed E-state index contributed by atoms with van der Waals surface area (Å²) in [5.41, 5.74) is 4.54. The van der Waals surface area contributed by atoms with Crippen molar-refractivity contribution in [3.05, 3.63) is 93.1 Å². The first-order valence-corrected chi connectivity index (χ1v) is 8.35. The zero-order valence-electron chi connectivity index (χ0n) is 14.1. The van der Waals surface area contributed by atoms with Crippen LogP contribution < -0.4 is 10.2 Å². The number of pyridine rings is 1. The van der Waals surface area contributed by atoms with E-state index in [1.165, 1.54) is 18.3 Å². The molecule has 0 atom stereocenters. The molecule has 27 heavy (non-hydrogen) atoms. The Balaban J connectivity index is 1.51. The van der Waals surface area contributed by atoms with Crippen molar-refractivity contribution in [3.8, 4) is 5.75 Å². The topological polar surface area (TPSA) is 89.7 Å². The molecule has 0 radical (unpaired) electrons. The number of aromatic nitrogens is 1. The van der Waals surface area contributed by atoms with Crippen molar-refractivity contribution in [2.75, 3.05) is 5.43 Å². The number of nitrogens with one attached hydrogen (secondary N) is 1. The zero-order valence-corrected chi connectivity index (χ0v) is 14.8. The first-order valence-electron chi connectivity index (χ1n) is 7.97. The molecule has 0 unspecified atom stereocenters. The number of nitro groups is 1. The quantitative estimate of drug-likeness (QED) is 0.364. The fourth-order valence-electron chi connectivity index (χ4n) is 2.13. The standard InChI is InChI=1S/C19H15ClN4O3/c20-16-5-1-15(2-6-16)13-27-18-8-3-14(4-9-18)11-22-23-19-10-7-17(12-21-19)24(25)26/h1-12H,13H2,(H,21,23). The van der Waals surface area contributed by atoms with Crippen LogP contribution in [0.15, 0.2) is 72.0 Å². The highest BCUT2D eigenvalue weighted by Gasteiger charge is 2.04. The van der Waals surface area contributed by atoms with Crippen LogP contribution in [0.4, 0.5) is 11.5 Å².